The van der Waals surface area contributed by atoms with Gasteiger partial charge in [-0.15, -0.1) is 0 Å². The second-order valence-corrected chi connectivity index (χ2v) is 5.24. The maximum Gasteiger partial charge on any atom is 0.340 e. The number of anilines is 2. The molecule has 110 valence electrons. The average Bonchev–Trinajstić information content (AvgIpc) is 2.43. The topological polar surface area (TPSA) is 67.6 Å². The Balaban J connectivity index is 2.05. The number of esters is 1. The van der Waals surface area contributed by atoms with Gasteiger partial charge in [-0.1, -0.05) is 0 Å². The summed E-state index contributed by atoms with van der Waals surface area (Å²) in [4.78, 5) is 14.1. The minimum Gasteiger partial charge on any atom is -0.462 e. The van der Waals surface area contributed by atoms with Crippen molar-refractivity contribution in [1.29, 1.82) is 0 Å². The van der Waals surface area contributed by atoms with Crippen molar-refractivity contribution in [2.24, 2.45) is 0 Å². The van der Waals surface area contributed by atoms with Crippen LogP contribution >= 0.6 is 0 Å². The molecule has 0 aromatic heterocycles. The Labute approximate surface area is 120 Å². The maximum absolute atomic E-state index is 11.8. The SMILES string of the molecule is CCOC(=O)c1cc(NC2CCN(C)CC2)ccc1N. The van der Waals surface area contributed by atoms with Crippen LogP contribution in [0.25, 0.3) is 0 Å². The van der Waals surface area contributed by atoms with E-state index in [9.17, 15) is 4.79 Å². The molecule has 1 aromatic carbocycles. The lowest BCUT2D eigenvalue weighted by Crippen LogP contribution is -2.36. The number of nitrogens with two attached hydrogens (primary N) is 1. The quantitative estimate of drug-likeness (QED) is 0.650. The van der Waals surface area contributed by atoms with Crippen molar-refractivity contribution in [2.75, 3.05) is 37.8 Å². The summed E-state index contributed by atoms with van der Waals surface area (Å²) < 4.78 is 5.01. The molecule has 2 rings (SSSR count). The fourth-order valence-electron chi connectivity index (χ4n) is 2.42. The van der Waals surface area contributed by atoms with Gasteiger partial charge in [-0.3, -0.25) is 0 Å². The van der Waals surface area contributed by atoms with Crippen molar-refractivity contribution in [3.8, 4) is 0 Å². The normalized spacial score (nSPS) is 16.9. The van der Waals surface area contributed by atoms with Crippen molar-refractivity contribution < 1.29 is 9.53 Å². The van der Waals surface area contributed by atoms with Crippen LogP contribution in [0.3, 0.4) is 0 Å². The van der Waals surface area contributed by atoms with E-state index in [2.05, 4.69) is 17.3 Å². The second kappa shape index (κ2) is 6.61. The molecule has 0 aliphatic carbocycles. The number of carbonyl (C=O) groups excluding carboxylic acids is 1. The highest BCUT2D eigenvalue weighted by Gasteiger charge is 2.17. The molecule has 1 saturated heterocycles. The van der Waals surface area contributed by atoms with E-state index in [4.69, 9.17) is 10.5 Å². The summed E-state index contributed by atoms with van der Waals surface area (Å²) in [6, 6.07) is 5.90. The summed E-state index contributed by atoms with van der Waals surface area (Å²) >= 11 is 0. The summed E-state index contributed by atoms with van der Waals surface area (Å²) in [5.74, 6) is -0.364. The third-order valence-electron chi connectivity index (χ3n) is 3.64. The van der Waals surface area contributed by atoms with Crippen LogP contribution in [0.4, 0.5) is 11.4 Å². The molecule has 1 aliphatic rings. The highest BCUT2D eigenvalue weighted by Crippen LogP contribution is 2.21. The van der Waals surface area contributed by atoms with E-state index in [1.807, 2.05) is 6.07 Å². The first kappa shape index (κ1) is 14.7. The predicted octanol–water partition coefficient (Wildman–Crippen LogP) is 1.95. The highest BCUT2D eigenvalue weighted by molar-refractivity contribution is 5.96. The minimum atomic E-state index is -0.364. The molecule has 0 bridgehead atoms. The van der Waals surface area contributed by atoms with Gasteiger partial charge < -0.3 is 20.7 Å². The Bertz CT molecular complexity index is 468. The second-order valence-electron chi connectivity index (χ2n) is 5.24. The zero-order chi connectivity index (χ0) is 14.5. The number of hydrogen-bond donors (Lipinski definition) is 2. The first-order chi connectivity index (χ1) is 9.60. The van der Waals surface area contributed by atoms with Gasteiger partial charge in [0.2, 0.25) is 0 Å². The highest BCUT2D eigenvalue weighted by atomic mass is 16.5. The number of carbonyl (C=O) groups is 1. The van der Waals surface area contributed by atoms with E-state index in [1.165, 1.54) is 0 Å². The van der Waals surface area contributed by atoms with Crippen LogP contribution in [0.15, 0.2) is 18.2 Å². The number of benzene rings is 1. The van der Waals surface area contributed by atoms with Crippen LogP contribution in [0.2, 0.25) is 0 Å². The number of nitrogens with zero attached hydrogens (tertiary/aromatic N) is 1. The standard InChI is InChI=1S/C15H23N3O2/c1-3-20-15(19)13-10-12(4-5-14(13)16)17-11-6-8-18(2)9-7-11/h4-5,10-11,17H,3,6-9,16H2,1-2H3. The summed E-state index contributed by atoms with van der Waals surface area (Å²) in [7, 11) is 2.14. The van der Waals surface area contributed by atoms with Gasteiger partial charge in [-0.05, 0) is 58.1 Å². The van der Waals surface area contributed by atoms with Crippen molar-refractivity contribution in [1.82, 2.24) is 4.90 Å². The van der Waals surface area contributed by atoms with Gasteiger partial charge in [0.25, 0.3) is 0 Å². The van der Waals surface area contributed by atoms with E-state index in [0.717, 1.165) is 31.6 Å². The number of nitrogens with one attached hydrogen (secondary N) is 1. The lowest BCUT2D eigenvalue weighted by Gasteiger charge is -2.30. The number of ether oxygens (including phenoxy) is 1. The monoisotopic (exact) mass is 277 g/mol. The molecule has 1 aliphatic heterocycles. The summed E-state index contributed by atoms with van der Waals surface area (Å²) in [5, 5.41) is 3.48. The van der Waals surface area contributed by atoms with E-state index in [0.29, 0.717) is 23.9 Å². The van der Waals surface area contributed by atoms with Gasteiger partial charge in [0.05, 0.1) is 12.2 Å². The zero-order valence-electron chi connectivity index (χ0n) is 12.2. The molecule has 3 N–H and O–H groups in total. The van der Waals surface area contributed by atoms with E-state index in [1.54, 1.807) is 19.1 Å². The van der Waals surface area contributed by atoms with Crippen molar-refractivity contribution >= 4 is 17.3 Å². The molecular formula is C15H23N3O2. The average molecular weight is 277 g/mol. The number of piperidine rings is 1. The van der Waals surface area contributed by atoms with Crippen LogP contribution in [0.1, 0.15) is 30.1 Å². The predicted molar refractivity (Wildman–Crippen MR) is 81.0 cm³/mol. The van der Waals surface area contributed by atoms with E-state index < -0.39 is 0 Å². The first-order valence-electron chi connectivity index (χ1n) is 7.12. The Morgan fingerprint density at radius 2 is 2.15 bits per heavy atom. The Hall–Kier alpha value is -1.75. The lowest BCUT2D eigenvalue weighted by atomic mass is 10.0. The van der Waals surface area contributed by atoms with Gasteiger partial charge in [0.15, 0.2) is 0 Å². The van der Waals surface area contributed by atoms with Gasteiger partial charge in [-0.2, -0.15) is 0 Å². The molecule has 1 fully saturated rings. The van der Waals surface area contributed by atoms with Crippen molar-refractivity contribution in [3.63, 3.8) is 0 Å². The molecule has 5 heteroatoms. The molecule has 1 aromatic rings. The molecule has 0 amide bonds. The largest absolute Gasteiger partial charge is 0.462 e. The molecular weight excluding hydrogens is 254 g/mol. The van der Waals surface area contributed by atoms with Gasteiger partial charge in [0.1, 0.15) is 0 Å². The third-order valence-corrected chi connectivity index (χ3v) is 3.64. The molecule has 0 unspecified atom stereocenters. The number of likely N-dealkylation sites (tertiary alicyclic amines) is 1. The first-order valence-corrected chi connectivity index (χ1v) is 7.12. The zero-order valence-corrected chi connectivity index (χ0v) is 12.2. The lowest BCUT2D eigenvalue weighted by molar-refractivity contribution is 0.0527. The van der Waals surface area contributed by atoms with Crippen LogP contribution in [-0.4, -0.2) is 43.7 Å². The molecule has 0 radical (unpaired) electrons. The van der Waals surface area contributed by atoms with E-state index >= 15 is 0 Å². The van der Waals surface area contributed by atoms with Crippen LogP contribution in [0.5, 0.6) is 0 Å². The van der Waals surface area contributed by atoms with Crippen LogP contribution in [0, 0.1) is 0 Å². The Morgan fingerprint density at radius 3 is 2.80 bits per heavy atom. The van der Waals surface area contributed by atoms with Crippen molar-refractivity contribution in [3.05, 3.63) is 23.8 Å². The fraction of sp³-hybridized carbons (Fsp3) is 0.533. The Kier molecular flexibility index (Phi) is 4.84. The fourth-order valence-corrected chi connectivity index (χ4v) is 2.42. The van der Waals surface area contributed by atoms with Gasteiger partial charge in [0, 0.05) is 17.4 Å². The molecule has 20 heavy (non-hydrogen) atoms. The third kappa shape index (κ3) is 3.63. The number of hydrogen-bond acceptors (Lipinski definition) is 5. The molecule has 0 spiro atoms. The summed E-state index contributed by atoms with van der Waals surface area (Å²) in [6.07, 6.45) is 2.21. The smallest absolute Gasteiger partial charge is 0.340 e. The van der Waals surface area contributed by atoms with Crippen molar-refractivity contribution in [2.45, 2.75) is 25.8 Å². The Morgan fingerprint density at radius 1 is 1.45 bits per heavy atom. The minimum absolute atomic E-state index is 0.352. The molecule has 5 nitrogen and oxygen atoms in total. The number of rotatable bonds is 4. The van der Waals surface area contributed by atoms with Gasteiger partial charge in [-0.25, -0.2) is 4.79 Å². The summed E-state index contributed by atoms with van der Waals surface area (Å²) in [6.45, 7) is 4.33. The molecule has 1 heterocycles. The van der Waals surface area contributed by atoms with E-state index in [-0.39, 0.29) is 5.97 Å². The molecule has 0 saturated carbocycles. The van der Waals surface area contributed by atoms with Gasteiger partial charge >= 0.3 is 5.97 Å². The number of nitrogen functional groups attached to an aromatic ring is 1. The van der Waals surface area contributed by atoms with Crippen LogP contribution in [-0.2, 0) is 4.74 Å². The maximum atomic E-state index is 11.8. The molecule has 0 atom stereocenters. The summed E-state index contributed by atoms with van der Waals surface area (Å²) in [5.41, 5.74) is 7.66. The van der Waals surface area contributed by atoms with Crippen LogP contribution < -0.4 is 11.1 Å².